The fraction of sp³-hybridized carbons (Fsp3) is 0.105. The molecule has 2 aromatic carbocycles. The molecule has 3 rings (SSSR count). The van der Waals surface area contributed by atoms with E-state index < -0.39 is 0 Å². The zero-order valence-electron chi connectivity index (χ0n) is 14.2. The summed E-state index contributed by atoms with van der Waals surface area (Å²) in [6.45, 7) is 0. The van der Waals surface area contributed by atoms with E-state index in [1.54, 1.807) is 23.1 Å². The highest BCUT2D eigenvalue weighted by Gasteiger charge is 2.18. The minimum Gasteiger partial charge on any atom is -0.361 e. The molecule has 0 spiro atoms. The van der Waals surface area contributed by atoms with Crippen molar-refractivity contribution in [1.82, 2.24) is 9.97 Å². The summed E-state index contributed by atoms with van der Waals surface area (Å²) < 4.78 is 0. The van der Waals surface area contributed by atoms with Crippen LogP contribution in [0.1, 0.15) is 5.56 Å². The van der Waals surface area contributed by atoms with Gasteiger partial charge in [-0.25, -0.2) is 9.97 Å². The highest BCUT2D eigenvalue weighted by atomic mass is 35.5. The fourth-order valence-electron chi connectivity index (χ4n) is 2.40. The Balaban J connectivity index is 2.16. The number of halogens is 2. The van der Waals surface area contributed by atoms with Gasteiger partial charge in [0, 0.05) is 24.7 Å². The van der Waals surface area contributed by atoms with Gasteiger partial charge in [-0.05, 0) is 18.2 Å². The SMILES string of the molecule is CN(C)c1nc(-c2ccccc2)nc(Nc2ccc(Cl)cc2Cl)c1C#N. The van der Waals surface area contributed by atoms with Crippen LogP contribution in [0.4, 0.5) is 17.3 Å². The van der Waals surface area contributed by atoms with Crippen molar-refractivity contribution in [2.24, 2.45) is 0 Å². The van der Waals surface area contributed by atoms with Gasteiger partial charge in [-0.1, -0.05) is 53.5 Å². The second-order valence-electron chi connectivity index (χ2n) is 5.72. The number of anilines is 3. The first-order valence-electron chi connectivity index (χ1n) is 7.76. The molecule has 5 nitrogen and oxygen atoms in total. The van der Waals surface area contributed by atoms with Gasteiger partial charge < -0.3 is 10.2 Å². The summed E-state index contributed by atoms with van der Waals surface area (Å²) >= 11 is 12.2. The van der Waals surface area contributed by atoms with Crippen LogP contribution in [0.2, 0.25) is 10.0 Å². The van der Waals surface area contributed by atoms with Gasteiger partial charge in [-0.15, -0.1) is 0 Å². The van der Waals surface area contributed by atoms with Gasteiger partial charge in [0.05, 0.1) is 10.7 Å². The zero-order chi connectivity index (χ0) is 18.7. The van der Waals surface area contributed by atoms with Gasteiger partial charge in [-0.2, -0.15) is 5.26 Å². The minimum atomic E-state index is 0.334. The largest absolute Gasteiger partial charge is 0.361 e. The van der Waals surface area contributed by atoms with E-state index in [0.717, 1.165) is 5.56 Å². The Morgan fingerprint density at radius 3 is 2.38 bits per heavy atom. The molecule has 0 saturated heterocycles. The van der Waals surface area contributed by atoms with E-state index in [2.05, 4.69) is 21.4 Å². The van der Waals surface area contributed by atoms with Crippen LogP contribution in [-0.4, -0.2) is 24.1 Å². The first-order chi connectivity index (χ1) is 12.5. The monoisotopic (exact) mass is 383 g/mol. The van der Waals surface area contributed by atoms with E-state index in [1.807, 2.05) is 44.4 Å². The number of hydrogen-bond donors (Lipinski definition) is 1. The molecule has 0 aliphatic rings. The van der Waals surface area contributed by atoms with E-state index >= 15 is 0 Å². The lowest BCUT2D eigenvalue weighted by atomic mass is 10.2. The van der Waals surface area contributed by atoms with Crippen molar-refractivity contribution in [3.8, 4) is 17.5 Å². The van der Waals surface area contributed by atoms with E-state index in [9.17, 15) is 5.26 Å². The van der Waals surface area contributed by atoms with E-state index in [1.165, 1.54) is 0 Å². The predicted molar refractivity (Wildman–Crippen MR) is 106 cm³/mol. The van der Waals surface area contributed by atoms with Gasteiger partial charge in [0.15, 0.2) is 17.5 Å². The number of benzene rings is 2. The maximum absolute atomic E-state index is 9.65. The van der Waals surface area contributed by atoms with Crippen LogP contribution in [0.5, 0.6) is 0 Å². The molecular weight excluding hydrogens is 369 g/mol. The summed E-state index contributed by atoms with van der Waals surface area (Å²) in [6, 6.07) is 16.8. The molecule has 26 heavy (non-hydrogen) atoms. The third kappa shape index (κ3) is 3.72. The molecule has 0 radical (unpaired) electrons. The summed E-state index contributed by atoms with van der Waals surface area (Å²) in [4.78, 5) is 10.9. The molecule has 3 aromatic rings. The lowest BCUT2D eigenvalue weighted by Crippen LogP contribution is -2.15. The third-order valence-electron chi connectivity index (χ3n) is 3.64. The standard InChI is InChI=1S/C19H15Cl2N5/c1-26(2)19-14(11-22)18(23-16-9-8-13(20)10-15(16)21)24-17(25-19)12-6-4-3-5-7-12/h3-10H,1-2H3,(H,23,24,25). The molecule has 0 aliphatic heterocycles. The zero-order valence-corrected chi connectivity index (χ0v) is 15.7. The molecule has 0 aliphatic carbocycles. The van der Waals surface area contributed by atoms with Crippen molar-refractivity contribution >= 4 is 40.5 Å². The van der Waals surface area contributed by atoms with Crippen molar-refractivity contribution < 1.29 is 0 Å². The molecule has 0 atom stereocenters. The molecular formula is C19H15Cl2N5. The molecule has 0 amide bonds. The fourth-order valence-corrected chi connectivity index (χ4v) is 2.86. The maximum atomic E-state index is 9.65. The summed E-state index contributed by atoms with van der Waals surface area (Å²) in [5, 5.41) is 13.8. The second-order valence-corrected chi connectivity index (χ2v) is 6.56. The third-order valence-corrected chi connectivity index (χ3v) is 4.19. The van der Waals surface area contributed by atoms with Crippen LogP contribution in [0.3, 0.4) is 0 Å². The molecule has 0 saturated carbocycles. The van der Waals surface area contributed by atoms with Gasteiger partial charge >= 0.3 is 0 Å². The average molecular weight is 384 g/mol. The van der Waals surface area contributed by atoms with Gasteiger partial charge in [-0.3, -0.25) is 0 Å². The first kappa shape index (κ1) is 18.0. The quantitative estimate of drug-likeness (QED) is 0.676. The highest BCUT2D eigenvalue weighted by Crippen LogP contribution is 2.32. The van der Waals surface area contributed by atoms with E-state index in [4.69, 9.17) is 23.2 Å². The van der Waals surface area contributed by atoms with Crippen molar-refractivity contribution in [3.05, 3.63) is 64.1 Å². The molecule has 1 heterocycles. The second kappa shape index (κ2) is 7.61. The number of nitrogens with zero attached hydrogens (tertiary/aromatic N) is 4. The molecule has 130 valence electrons. The van der Waals surface area contributed by atoms with Gasteiger partial charge in [0.1, 0.15) is 11.6 Å². The van der Waals surface area contributed by atoms with E-state index in [0.29, 0.717) is 38.8 Å². The number of nitrogens with one attached hydrogen (secondary N) is 1. The molecule has 1 N–H and O–H groups in total. The van der Waals surface area contributed by atoms with E-state index in [-0.39, 0.29) is 0 Å². The minimum absolute atomic E-state index is 0.334. The van der Waals surface area contributed by atoms with Crippen LogP contribution >= 0.6 is 23.2 Å². The van der Waals surface area contributed by atoms with Crippen molar-refractivity contribution in [1.29, 1.82) is 5.26 Å². The number of hydrogen-bond acceptors (Lipinski definition) is 5. The Bertz CT molecular complexity index is 981. The van der Waals surface area contributed by atoms with Crippen molar-refractivity contribution in [2.75, 3.05) is 24.3 Å². The van der Waals surface area contributed by atoms with Crippen LogP contribution in [-0.2, 0) is 0 Å². The Hall–Kier alpha value is -2.81. The van der Waals surface area contributed by atoms with Crippen LogP contribution in [0, 0.1) is 11.3 Å². The summed E-state index contributed by atoms with van der Waals surface area (Å²) in [6.07, 6.45) is 0. The Kier molecular flexibility index (Phi) is 5.27. The Morgan fingerprint density at radius 2 is 1.77 bits per heavy atom. The number of aromatic nitrogens is 2. The Labute approximate surface area is 161 Å². The molecule has 0 fully saturated rings. The summed E-state index contributed by atoms with van der Waals surface area (Å²) in [7, 11) is 3.66. The first-order valence-corrected chi connectivity index (χ1v) is 8.52. The average Bonchev–Trinajstić information content (AvgIpc) is 2.64. The van der Waals surface area contributed by atoms with Crippen LogP contribution in [0.15, 0.2) is 48.5 Å². The van der Waals surface area contributed by atoms with Gasteiger partial charge in [0.2, 0.25) is 0 Å². The normalized spacial score (nSPS) is 10.3. The smallest absolute Gasteiger partial charge is 0.163 e. The lowest BCUT2D eigenvalue weighted by Gasteiger charge is -2.18. The topological polar surface area (TPSA) is 64.8 Å². The van der Waals surface area contributed by atoms with Crippen molar-refractivity contribution in [3.63, 3.8) is 0 Å². The maximum Gasteiger partial charge on any atom is 0.163 e. The van der Waals surface area contributed by atoms with Crippen LogP contribution < -0.4 is 10.2 Å². The highest BCUT2D eigenvalue weighted by molar-refractivity contribution is 6.36. The summed E-state index contributed by atoms with van der Waals surface area (Å²) in [5.41, 5.74) is 1.79. The number of rotatable bonds is 4. The molecule has 1 aromatic heterocycles. The van der Waals surface area contributed by atoms with Crippen LogP contribution in [0.25, 0.3) is 11.4 Å². The Morgan fingerprint density at radius 1 is 1.04 bits per heavy atom. The van der Waals surface area contributed by atoms with Gasteiger partial charge in [0.25, 0.3) is 0 Å². The number of nitriles is 1. The summed E-state index contributed by atoms with van der Waals surface area (Å²) in [5.74, 6) is 1.42. The molecule has 7 heteroatoms. The van der Waals surface area contributed by atoms with Crippen molar-refractivity contribution in [2.45, 2.75) is 0 Å². The molecule has 0 unspecified atom stereocenters. The molecule has 0 bridgehead atoms. The lowest BCUT2D eigenvalue weighted by molar-refractivity contribution is 1.03. The predicted octanol–water partition coefficient (Wildman–Crippen LogP) is 5.13.